The zero-order chi connectivity index (χ0) is 13.0. The summed E-state index contributed by atoms with van der Waals surface area (Å²) in [7, 11) is 0. The second kappa shape index (κ2) is 5.81. The molecular formula is C14H20N4. The molecule has 96 valence electrons. The second-order valence-electron chi connectivity index (χ2n) is 4.85. The van der Waals surface area contributed by atoms with Crippen LogP contribution in [0.5, 0.6) is 0 Å². The van der Waals surface area contributed by atoms with Crippen LogP contribution in [0.25, 0.3) is 0 Å². The van der Waals surface area contributed by atoms with Crippen LogP contribution < -0.4 is 5.32 Å². The summed E-state index contributed by atoms with van der Waals surface area (Å²) in [6.45, 7) is 5.02. The van der Waals surface area contributed by atoms with Gasteiger partial charge < -0.3 is 5.32 Å². The summed E-state index contributed by atoms with van der Waals surface area (Å²) in [5.41, 5.74) is 2.68. The van der Waals surface area contributed by atoms with Crippen LogP contribution in [-0.2, 0) is 12.8 Å². The maximum absolute atomic E-state index is 9.33. The zero-order valence-electron chi connectivity index (χ0n) is 11.2. The van der Waals surface area contributed by atoms with E-state index < -0.39 is 0 Å². The molecule has 0 bridgehead atoms. The van der Waals surface area contributed by atoms with E-state index in [1.807, 2.05) is 6.92 Å². The Labute approximate surface area is 108 Å². The van der Waals surface area contributed by atoms with Crippen molar-refractivity contribution in [2.24, 2.45) is 5.92 Å². The number of aryl methyl sites for hydroxylation is 1. The van der Waals surface area contributed by atoms with Crippen molar-refractivity contribution < 1.29 is 0 Å². The topological polar surface area (TPSA) is 61.6 Å². The number of nitrogens with one attached hydrogen (secondary N) is 1. The lowest BCUT2D eigenvalue weighted by molar-refractivity contribution is 0.333. The third kappa shape index (κ3) is 2.45. The van der Waals surface area contributed by atoms with E-state index in [9.17, 15) is 5.26 Å². The molecule has 2 rings (SSSR count). The zero-order valence-corrected chi connectivity index (χ0v) is 11.2. The van der Waals surface area contributed by atoms with Crippen LogP contribution in [-0.4, -0.2) is 16.7 Å². The standard InChI is InChI=1S/C14H20N4/c1-3-11-12(8-15)14(18-17-13(11)4-2)16-9-10-6-5-7-10/h10H,3-7,9H2,1-2H3,(H,16,18). The van der Waals surface area contributed by atoms with Gasteiger partial charge in [-0.1, -0.05) is 20.3 Å². The minimum Gasteiger partial charge on any atom is -0.367 e. The maximum Gasteiger partial charge on any atom is 0.166 e. The Hall–Kier alpha value is -1.63. The van der Waals surface area contributed by atoms with Crippen LogP contribution in [0.4, 0.5) is 5.82 Å². The molecule has 1 N–H and O–H groups in total. The van der Waals surface area contributed by atoms with Crippen LogP contribution >= 0.6 is 0 Å². The fourth-order valence-electron chi connectivity index (χ4n) is 2.35. The maximum atomic E-state index is 9.33. The second-order valence-corrected chi connectivity index (χ2v) is 4.85. The average Bonchev–Trinajstić information content (AvgIpc) is 2.35. The highest BCUT2D eigenvalue weighted by atomic mass is 15.2. The Bertz CT molecular complexity index is 458. The molecule has 0 aliphatic heterocycles. The van der Waals surface area contributed by atoms with E-state index in [4.69, 9.17) is 0 Å². The Morgan fingerprint density at radius 2 is 2.06 bits per heavy atom. The van der Waals surface area contributed by atoms with Gasteiger partial charge in [0.15, 0.2) is 5.82 Å². The number of rotatable bonds is 5. The smallest absolute Gasteiger partial charge is 0.166 e. The van der Waals surface area contributed by atoms with E-state index in [-0.39, 0.29) is 0 Å². The SMILES string of the molecule is CCc1nnc(NCC2CCC2)c(C#N)c1CC. The highest BCUT2D eigenvalue weighted by Crippen LogP contribution is 2.27. The molecule has 1 saturated carbocycles. The van der Waals surface area contributed by atoms with Crippen LogP contribution in [0, 0.1) is 17.2 Å². The summed E-state index contributed by atoms with van der Waals surface area (Å²) < 4.78 is 0. The van der Waals surface area contributed by atoms with E-state index in [1.54, 1.807) is 0 Å². The Kier molecular flexibility index (Phi) is 4.14. The molecule has 0 amide bonds. The summed E-state index contributed by atoms with van der Waals surface area (Å²) in [4.78, 5) is 0. The summed E-state index contributed by atoms with van der Waals surface area (Å²) in [5, 5.41) is 21.0. The molecule has 18 heavy (non-hydrogen) atoms. The molecule has 0 atom stereocenters. The Balaban J connectivity index is 2.20. The molecule has 0 aromatic carbocycles. The van der Waals surface area contributed by atoms with Crippen molar-refractivity contribution in [3.63, 3.8) is 0 Å². The van der Waals surface area contributed by atoms with Crippen molar-refractivity contribution in [3.05, 3.63) is 16.8 Å². The number of hydrogen-bond acceptors (Lipinski definition) is 4. The largest absolute Gasteiger partial charge is 0.367 e. The van der Waals surface area contributed by atoms with Gasteiger partial charge in [-0.2, -0.15) is 10.4 Å². The van der Waals surface area contributed by atoms with Gasteiger partial charge in [-0.05, 0) is 37.2 Å². The fourth-order valence-corrected chi connectivity index (χ4v) is 2.35. The van der Waals surface area contributed by atoms with Crippen molar-refractivity contribution in [2.75, 3.05) is 11.9 Å². The van der Waals surface area contributed by atoms with E-state index in [2.05, 4.69) is 28.5 Å². The summed E-state index contributed by atoms with van der Waals surface area (Å²) >= 11 is 0. The van der Waals surface area contributed by atoms with E-state index in [0.29, 0.717) is 11.4 Å². The number of hydrogen-bond donors (Lipinski definition) is 1. The Morgan fingerprint density at radius 1 is 1.28 bits per heavy atom. The lowest BCUT2D eigenvalue weighted by Gasteiger charge is -2.25. The van der Waals surface area contributed by atoms with Gasteiger partial charge in [-0.15, -0.1) is 5.10 Å². The van der Waals surface area contributed by atoms with Gasteiger partial charge in [0, 0.05) is 6.54 Å². The van der Waals surface area contributed by atoms with Gasteiger partial charge in [-0.25, -0.2) is 0 Å². The van der Waals surface area contributed by atoms with Crippen molar-refractivity contribution in [3.8, 4) is 6.07 Å². The minimum absolute atomic E-state index is 0.665. The summed E-state index contributed by atoms with van der Waals surface area (Å²) in [6.07, 6.45) is 5.57. The number of nitriles is 1. The van der Waals surface area contributed by atoms with Crippen molar-refractivity contribution in [2.45, 2.75) is 46.0 Å². The van der Waals surface area contributed by atoms with Crippen LogP contribution in [0.2, 0.25) is 0 Å². The van der Waals surface area contributed by atoms with Crippen molar-refractivity contribution in [1.29, 1.82) is 5.26 Å². The first kappa shape index (κ1) is 12.8. The lowest BCUT2D eigenvalue weighted by atomic mass is 9.85. The molecule has 1 aromatic rings. The van der Waals surface area contributed by atoms with Crippen molar-refractivity contribution >= 4 is 5.82 Å². The fraction of sp³-hybridized carbons (Fsp3) is 0.643. The van der Waals surface area contributed by atoms with Crippen molar-refractivity contribution in [1.82, 2.24) is 10.2 Å². The van der Waals surface area contributed by atoms with Crippen LogP contribution in [0.15, 0.2) is 0 Å². The van der Waals surface area contributed by atoms with Crippen LogP contribution in [0.3, 0.4) is 0 Å². The normalized spacial score (nSPS) is 14.9. The van der Waals surface area contributed by atoms with Gasteiger partial charge in [0.05, 0.1) is 5.69 Å². The summed E-state index contributed by atoms with van der Waals surface area (Å²) in [5.74, 6) is 1.41. The third-order valence-corrected chi connectivity index (χ3v) is 3.74. The molecule has 1 aromatic heterocycles. The average molecular weight is 244 g/mol. The molecule has 4 heteroatoms. The molecule has 1 aliphatic carbocycles. The highest BCUT2D eigenvalue weighted by Gasteiger charge is 2.19. The predicted octanol–water partition coefficient (Wildman–Crippen LogP) is 2.69. The molecular weight excluding hydrogens is 224 g/mol. The Morgan fingerprint density at radius 3 is 2.56 bits per heavy atom. The van der Waals surface area contributed by atoms with Crippen LogP contribution in [0.1, 0.15) is 49.9 Å². The molecule has 4 nitrogen and oxygen atoms in total. The minimum atomic E-state index is 0.665. The number of anilines is 1. The number of aromatic nitrogens is 2. The third-order valence-electron chi connectivity index (χ3n) is 3.74. The first-order valence-electron chi connectivity index (χ1n) is 6.82. The molecule has 1 aliphatic rings. The molecule has 1 fully saturated rings. The molecule has 0 radical (unpaired) electrons. The highest BCUT2D eigenvalue weighted by molar-refractivity contribution is 5.56. The summed E-state index contributed by atoms with van der Waals surface area (Å²) in [6, 6.07) is 2.28. The first-order valence-corrected chi connectivity index (χ1v) is 6.82. The van der Waals surface area contributed by atoms with Gasteiger partial charge in [0.1, 0.15) is 11.6 Å². The van der Waals surface area contributed by atoms with Gasteiger partial charge >= 0.3 is 0 Å². The lowest BCUT2D eigenvalue weighted by Crippen LogP contribution is -2.22. The quantitative estimate of drug-likeness (QED) is 0.865. The van der Waals surface area contributed by atoms with E-state index >= 15 is 0 Å². The molecule has 1 heterocycles. The van der Waals surface area contributed by atoms with E-state index in [0.717, 1.165) is 36.6 Å². The predicted molar refractivity (Wildman–Crippen MR) is 71.3 cm³/mol. The van der Waals surface area contributed by atoms with Gasteiger partial charge in [0.25, 0.3) is 0 Å². The molecule has 0 spiro atoms. The monoisotopic (exact) mass is 244 g/mol. The first-order chi connectivity index (χ1) is 8.80. The number of nitrogens with zero attached hydrogens (tertiary/aromatic N) is 3. The molecule has 0 saturated heterocycles. The van der Waals surface area contributed by atoms with Gasteiger partial charge in [0.2, 0.25) is 0 Å². The van der Waals surface area contributed by atoms with Gasteiger partial charge in [-0.3, -0.25) is 0 Å². The van der Waals surface area contributed by atoms with E-state index in [1.165, 1.54) is 19.3 Å². The molecule has 0 unspecified atom stereocenters.